The maximum atomic E-state index is 15.2. The van der Waals surface area contributed by atoms with Crippen LogP contribution in [0.2, 0.25) is 0 Å². The van der Waals surface area contributed by atoms with Crippen LogP contribution in [0.15, 0.2) is 65.2 Å². The van der Waals surface area contributed by atoms with Crippen molar-refractivity contribution >= 4 is 27.4 Å². The van der Waals surface area contributed by atoms with Crippen molar-refractivity contribution in [2.75, 3.05) is 84.0 Å². The number of hydrogen-bond acceptors (Lipinski definition) is 10. The number of hydrogen-bond donors (Lipinski definition) is 1. The van der Waals surface area contributed by atoms with Crippen LogP contribution in [0, 0.1) is 24.7 Å². The second-order valence-electron chi connectivity index (χ2n) is 18.9. The molecular weight excluding hydrogens is 805 g/mol. The van der Waals surface area contributed by atoms with E-state index in [1.165, 1.54) is 16.7 Å². The molecule has 2 bridgehead atoms. The molecule has 2 amide bonds. The van der Waals surface area contributed by atoms with Crippen molar-refractivity contribution in [3.8, 4) is 5.75 Å². The summed E-state index contributed by atoms with van der Waals surface area (Å²) in [4.78, 5) is 35.9. The van der Waals surface area contributed by atoms with Gasteiger partial charge in [0.15, 0.2) is 0 Å². The van der Waals surface area contributed by atoms with Gasteiger partial charge in [-0.1, -0.05) is 42.8 Å². The van der Waals surface area contributed by atoms with Crippen LogP contribution in [-0.4, -0.2) is 128 Å². The van der Waals surface area contributed by atoms with E-state index >= 15 is 4.21 Å². The zero-order valence-electron chi connectivity index (χ0n) is 37.1. The molecule has 6 aliphatic rings. The second kappa shape index (κ2) is 17.8. The predicted octanol–water partition coefficient (Wildman–Crippen LogP) is 5.54. The van der Waals surface area contributed by atoms with Crippen LogP contribution in [0.4, 0.5) is 5.69 Å². The third kappa shape index (κ3) is 8.75. The maximum Gasteiger partial charge on any atom is 0.286 e. The fraction of sp³-hybridized carbons (Fsp3) is 0.583. The summed E-state index contributed by atoms with van der Waals surface area (Å²) in [6.07, 6.45) is 10.5. The number of methoxy groups -OCH3 is 2. The molecule has 1 spiro atoms. The normalized spacial score (nSPS) is 32.3. The SMILES string of the molecule is CO[C@H]1/C=C/[C@H](OC)[C@H](C)C[S@@](=O)(NC(=O)c2cc(CN3CCN4CCOC[C@@H]4C3)n(C)c2)=NC(=O)c2ccc3c(c2)N(C[C@@H]2CC[C@H]21)C[C@@]1(CCCc2cc(C)ccc21)CO3. The fourth-order valence-electron chi connectivity index (χ4n) is 11.1. The Balaban J connectivity index is 1.05. The lowest BCUT2D eigenvalue weighted by atomic mass is 9.68. The third-order valence-corrected chi connectivity index (χ3v) is 16.6. The summed E-state index contributed by atoms with van der Waals surface area (Å²) in [6, 6.07) is 14.5. The molecule has 62 heavy (non-hydrogen) atoms. The van der Waals surface area contributed by atoms with Crippen molar-refractivity contribution in [3.05, 3.63) is 94.3 Å². The van der Waals surface area contributed by atoms with E-state index in [2.05, 4.69) is 55.0 Å². The maximum absolute atomic E-state index is 15.2. The van der Waals surface area contributed by atoms with E-state index in [1.807, 2.05) is 42.8 Å². The molecular formula is C48H64N6O7S. The molecule has 2 aromatic carbocycles. The molecule has 8 atom stereocenters. The van der Waals surface area contributed by atoms with Gasteiger partial charge in [0.2, 0.25) is 0 Å². The number of piperazine rings is 1. The van der Waals surface area contributed by atoms with Gasteiger partial charge in [-0.2, -0.15) is 0 Å². The van der Waals surface area contributed by atoms with Crippen LogP contribution in [-0.2, 0) is 49.6 Å². The Morgan fingerprint density at radius 3 is 2.68 bits per heavy atom. The highest BCUT2D eigenvalue weighted by atomic mass is 32.2. The highest BCUT2D eigenvalue weighted by Crippen LogP contribution is 2.47. The number of ether oxygens (including phenoxy) is 4. The van der Waals surface area contributed by atoms with Crippen LogP contribution in [0.1, 0.15) is 75.7 Å². The molecule has 0 unspecified atom stereocenters. The van der Waals surface area contributed by atoms with Gasteiger partial charge in [0, 0.05) is 96.0 Å². The standard InChI is InChI=1S/C48H64N6O7S/c1-32-8-12-41-34(21-32)7-6-16-48(41)30-54-25-36-9-11-40(36)44(59-5)15-14-43(58-4)33(2)29-62(57,49-46(55)35-10-13-45(61-31-48)42(54)23-35)50-47(56)37-22-38(51(3)24-37)26-52-17-18-53-19-20-60-28-39(53)27-52/h8,10,12-15,21-24,33,36,39-40,43-44H,6-7,9,11,16-20,25-31H2,1-5H3,(H,49,50,55,56,57)/b15-14+/t33-,36+,39+,40-,43+,44+,48+,62+/m1/s1. The molecule has 4 aliphatic heterocycles. The number of nitrogens with one attached hydrogen (secondary N) is 1. The predicted molar refractivity (Wildman–Crippen MR) is 240 cm³/mol. The number of morpholine rings is 1. The van der Waals surface area contributed by atoms with Crippen molar-refractivity contribution in [2.24, 2.45) is 29.2 Å². The van der Waals surface area contributed by atoms with Gasteiger partial charge in [-0.3, -0.25) is 24.1 Å². The second-order valence-corrected chi connectivity index (χ2v) is 20.9. The van der Waals surface area contributed by atoms with Gasteiger partial charge in [-0.25, -0.2) is 4.21 Å². The summed E-state index contributed by atoms with van der Waals surface area (Å²) < 4.78 is 48.9. The van der Waals surface area contributed by atoms with Crippen molar-refractivity contribution in [1.82, 2.24) is 19.1 Å². The lowest BCUT2D eigenvalue weighted by Crippen LogP contribution is -2.57. The van der Waals surface area contributed by atoms with Gasteiger partial charge in [0.05, 0.1) is 49.0 Å². The Kier molecular flexibility index (Phi) is 12.4. The number of carbonyl (C=O) groups is 2. The quantitative estimate of drug-likeness (QED) is 0.316. The van der Waals surface area contributed by atoms with E-state index in [-0.39, 0.29) is 29.1 Å². The minimum absolute atomic E-state index is 0.105. The number of nitrogens with zero attached hydrogens (tertiary/aromatic N) is 5. The molecule has 3 fully saturated rings. The molecule has 1 saturated carbocycles. The zero-order chi connectivity index (χ0) is 43.2. The first kappa shape index (κ1) is 43.2. The first-order valence-corrected chi connectivity index (χ1v) is 24.3. The van der Waals surface area contributed by atoms with E-state index in [9.17, 15) is 9.59 Å². The Morgan fingerprint density at radius 1 is 1.03 bits per heavy atom. The number of benzene rings is 2. The lowest BCUT2D eigenvalue weighted by molar-refractivity contribution is -0.0464. The Hall–Kier alpha value is -4.05. The monoisotopic (exact) mass is 868 g/mol. The highest BCUT2D eigenvalue weighted by molar-refractivity contribution is 7.92. The van der Waals surface area contributed by atoms with Gasteiger partial charge >= 0.3 is 0 Å². The summed E-state index contributed by atoms with van der Waals surface area (Å²) in [6.45, 7) is 12.1. The average Bonchev–Trinajstić information content (AvgIpc) is 3.54. The van der Waals surface area contributed by atoms with Gasteiger partial charge in [0.1, 0.15) is 15.7 Å². The number of fused-ring (bicyclic) bond motifs is 5. The van der Waals surface area contributed by atoms with E-state index in [4.69, 9.17) is 18.9 Å². The van der Waals surface area contributed by atoms with E-state index in [1.54, 1.807) is 26.5 Å². The van der Waals surface area contributed by atoms with Gasteiger partial charge in [-0.15, -0.1) is 4.36 Å². The molecule has 2 saturated heterocycles. The number of carbonyl (C=O) groups excluding carboxylic acids is 2. The van der Waals surface area contributed by atoms with Crippen molar-refractivity contribution in [1.29, 1.82) is 0 Å². The smallest absolute Gasteiger partial charge is 0.286 e. The molecule has 1 N–H and O–H groups in total. The summed E-state index contributed by atoms with van der Waals surface area (Å²) >= 11 is 0. The Morgan fingerprint density at radius 2 is 1.87 bits per heavy atom. The van der Waals surface area contributed by atoms with Crippen molar-refractivity contribution in [2.45, 2.75) is 76.2 Å². The molecule has 3 aromatic rings. The van der Waals surface area contributed by atoms with Crippen molar-refractivity contribution in [3.63, 3.8) is 0 Å². The molecule has 5 heterocycles. The van der Waals surface area contributed by atoms with Crippen LogP contribution < -0.4 is 14.4 Å². The van der Waals surface area contributed by atoms with Gasteiger partial charge < -0.3 is 28.4 Å². The Labute approximate surface area is 367 Å². The molecule has 9 rings (SSSR count). The lowest BCUT2D eigenvalue weighted by Gasteiger charge is -2.46. The summed E-state index contributed by atoms with van der Waals surface area (Å²) in [5.74, 6) is -0.329. The van der Waals surface area contributed by atoms with Crippen LogP contribution >= 0.6 is 0 Å². The molecule has 13 nitrogen and oxygen atoms in total. The van der Waals surface area contributed by atoms with Crippen LogP contribution in [0.3, 0.4) is 0 Å². The first-order chi connectivity index (χ1) is 29.9. The average molecular weight is 869 g/mol. The first-order valence-electron chi connectivity index (χ1n) is 22.6. The van der Waals surface area contributed by atoms with E-state index in [0.29, 0.717) is 36.2 Å². The topological polar surface area (TPSA) is 127 Å². The number of rotatable bonds is 6. The molecule has 14 heteroatoms. The number of amides is 2. The number of aryl methyl sites for hydroxylation is 3. The van der Waals surface area contributed by atoms with Gasteiger partial charge in [0.25, 0.3) is 11.8 Å². The molecule has 2 aliphatic carbocycles. The minimum atomic E-state index is -3.68. The van der Waals surface area contributed by atoms with Crippen LogP contribution in [0.25, 0.3) is 0 Å². The van der Waals surface area contributed by atoms with E-state index in [0.717, 1.165) is 102 Å². The minimum Gasteiger partial charge on any atom is -0.490 e. The molecule has 0 radical (unpaired) electrons. The summed E-state index contributed by atoms with van der Waals surface area (Å²) in [7, 11) is 1.63. The Bertz CT molecular complexity index is 2320. The molecule has 334 valence electrons. The number of anilines is 1. The largest absolute Gasteiger partial charge is 0.490 e. The zero-order valence-corrected chi connectivity index (χ0v) is 37.9. The highest BCUT2D eigenvalue weighted by Gasteiger charge is 2.44. The molecule has 1 aromatic heterocycles. The van der Waals surface area contributed by atoms with Crippen LogP contribution in [0.5, 0.6) is 5.75 Å². The summed E-state index contributed by atoms with van der Waals surface area (Å²) in [5, 5.41) is 0. The fourth-order valence-corrected chi connectivity index (χ4v) is 13.0. The van der Waals surface area contributed by atoms with E-state index < -0.39 is 27.8 Å². The number of aromatic nitrogens is 1. The summed E-state index contributed by atoms with van der Waals surface area (Å²) in [5.41, 5.74) is 6.22. The van der Waals surface area contributed by atoms with Gasteiger partial charge in [-0.05, 0) is 92.2 Å². The van der Waals surface area contributed by atoms with Crippen molar-refractivity contribution < 1.29 is 32.7 Å². The third-order valence-electron chi connectivity index (χ3n) is 14.7.